The number of halogens is 1. The predicted octanol–water partition coefficient (Wildman–Crippen LogP) is 3.60. The summed E-state index contributed by atoms with van der Waals surface area (Å²) in [7, 11) is 0. The van der Waals surface area contributed by atoms with Gasteiger partial charge >= 0.3 is 6.03 Å². The molecule has 0 atom stereocenters. The Kier molecular flexibility index (Phi) is 4.91. The molecule has 2 aliphatic heterocycles. The third-order valence-electron chi connectivity index (χ3n) is 7.48. The van der Waals surface area contributed by atoms with Crippen LogP contribution in [0.3, 0.4) is 0 Å². The molecule has 0 spiro atoms. The number of rotatable bonds is 2. The van der Waals surface area contributed by atoms with E-state index in [9.17, 15) is 14.0 Å². The van der Waals surface area contributed by atoms with Gasteiger partial charge in [-0.3, -0.25) is 19.4 Å². The van der Waals surface area contributed by atoms with Gasteiger partial charge in [0.05, 0.1) is 28.7 Å². The molecule has 2 amide bonds. The van der Waals surface area contributed by atoms with Gasteiger partial charge in [0.25, 0.3) is 5.56 Å². The van der Waals surface area contributed by atoms with Crippen LogP contribution in [0.15, 0.2) is 47.8 Å². The summed E-state index contributed by atoms with van der Waals surface area (Å²) in [6.07, 6.45) is 10.2. The van der Waals surface area contributed by atoms with Gasteiger partial charge in [-0.15, -0.1) is 0 Å². The van der Waals surface area contributed by atoms with Gasteiger partial charge in [0.1, 0.15) is 5.82 Å². The molecule has 4 aromatic heterocycles. The number of nitrogens with zero attached hydrogens (tertiary/aromatic N) is 6. The molecular formula is C26H25FN8O2. The van der Waals surface area contributed by atoms with E-state index in [1.54, 1.807) is 22.9 Å². The molecule has 5 aromatic rings. The van der Waals surface area contributed by atoms with Crippen molar-refractivity contribution in [3.8, 4) is 22.5 Å². The van der Waals surface area contributed by atoms with Gasteiger partial charge in [-0.25, -0.2) is 19.2 Å². The summed E-state index contributed by atoms with van der Waals surface area (Å²) in [5, 5.41) is 6.32. The predicted molar refractivity (Wildman–Crippen MR) is 136 cm³/mol. The number of urea groups is 1. The van der Waals surface area contributed by atoms with E-state index in [-0.39, 0.29) is 11.6 Å². The number of hydrogen-bond acceptors (Lipinski definition) is 4. The molecule has 37 heavy (non-hydrogen) atoms. The monoisotopic (exact) mass is 500 g/mol. The van der Waals surface area contributed by atoms with E-state index in [2.05, 4.69) is 20.2 Å². The van der Waals surface area contributed by atoms with Gasteiger partial charge in [0, 0.05) is 62.3 Å². The number of likely N-dealkylation sites (tertiary alicyclic amines) is 1. The number of amides is 2. The maximum Gasteiger partial charge on any atom is 0.320 e. The minimum Gasteiger partial charge on any atom is -0.345 e. The second-order valence-electron chi connectivity index (χ2n) is 9.71. The highest BCUT2D eigenvalue weighted by Gasteiger charge is 2.28. The largest absolute Gasteiger partial charge is 0.345 e. The van der Waals surface area contributed by atoms with E-state index in [0.717, 1.165) is 43.4 Å². The van der Waals surface area contributed by atoms with Crippen molar-refractivity contribution in [3.05, 3.63) is 64.7 Å². The van der Waals surface area contributed by atoms with Crippen molar-refractivity contribution in [2.75, 3.05) is 19.6 Å². The average Bonchev–Trinajstić information content (AvgIpc) is 3.57. The lowest BCUT2D eigenvalue weighted by atomic mass is 10.0. The van der Waals surface area contributed by atoms with Crippen LogP contribution in [0.1, 0.15) is 24.8 Å². The fraction of sp³-hybridized carbons (Fsp3) is 0.308. The number of benzene rings is 1. The van der Waals surface area contributed by atoms with Gasteiger partial charge in [-0.2, -0.15) is 0 Å². The first-order valence-corrected chi connectivity index (χ1v) is 12.5. The van der Waals surface area contributed by atoms with Crippen LogP contribution < -0.4 is 5.56 Å². The van der Waals surface area contributed by atoms with E-state index in [1.165, 1.54) is 12.1 Å². The number of piperidine rings is 1. The fourth-order valence-electron chi connectivity index (χ4n) is 5.77. The average molecular weight is 501 g/mol. The van der Waals surface area contributed by atoms with Crippen molar-refractivity contribution in [3.63, 3.8) is 0 Å². The first kappa shape index (κ1) is 21.8. The standard InChI is InChI=1S/C26H25FN8O2/c27-17-11-16-14-34(26(37)32-6-2-1-3-7-32)10-9-33-15-19(18(12-17)23(16)33)21-22(30-31-24(21)36)20-13-29-25-28-5-4-8-35(20)25/h4-5,8,11-13,15H,1-3,6-7,9-10,14H2,(H2,30,31,36). The van der Waals surface area contributed by atoms with E-state index in [4.69, 9.17) is 0 Å². The molecule has 188 valence electrons. The highest BCUT2D eigenvalue weighted by atomic mass is 19.1. The summed E-state index contributed by atoms with van der Waals surface area (Å²) in [5.41, 5.74) is 3.52. The van der Waals surface area contributed by atoms with Gasteiger partial charge in [0.15, 0.2) is 0 Å². The molecule has 0 radical (unpaired) electrons. The van der Waals surface area contributed by atoms with Crippen LogP contribution in [0.5, 0.6) is 0 Å². The Balaban J connectivity index is 1.35. The summed E-state index contributed by atoms with van der Waals surface area (Å²) in [5.74, 6) is 0.107. The third kappa shape index (κ3) is 3.45. The summed E-state index contributed by atoms with van der Waals surface area (Å²) < 4.78 is 18.8. The lowest BCUT2D eigenvalue weighted by molar-refractivity contribution is 0.140. The second kappa shape index (κ2) is 8.32. The van der Waals surface area contributed by atoms with Gasteiger partial charge in [-0.1, -0.05) is 0 Å². The van der Waals surface area contributed by atoms with Crippen LogP contribution in [0.4, 0.5) is 9.18 Å². The van der Waals surface area contributed by atoms with Crippen molar-refractivity contribution in [2.45, 2.75) is 32.4 Å². The molecule has 6 heterocycles. The van der Waals surface area contributed by atoms with Crippen molar-refractivity contribution in [2.24, 2.45) is 0 Å². The van der Waals surface area contributed by atoms with Gasteiger partial charge < -0.3 is 14.4 Å². The minimum atomic E-state index is -0.402. The molecule has 0 bridgehead atoms. The lowest BCUT2D eigenvalue weighted by Crippen LogP contribution is -2.45. The van der Waals surface area contributed by atoms with E-state index in [1.807, 2.05) is 26.8 Å². The number of fused-ring (bicyclic) bond motifs is 1. The number of hydrogen-bond donors (Lipinski definition) is 2. The van der Waals surface area contributed by atoms with Crippen LogP contribution in [0, 0.1) is 5.82 Å². The molecule has 0 saturated carbocycles. The van der Waals surface area contributed by atoms with E-state index >= 15 is 0 Å². The van der Waals surface area contributed by atoms with Gasteiger partial charge in [-0.05, 0) is 43.0 Å². The van der Waals surface area contributed by atoms with Crippen LogP contribution in [-0.4, -0.2) is 64.6 Å². The number of carbonyl (C=O) groups excluding carboxylic acids is 1. The number of carbonyl (C=O) groups is 1. The molecule has 1 fully saturated rings. The molecule has 1 saturated heterocycles. The van der Waals surface area contributed by atoms with Crippen LogP contribution in [-0.2, 0) is 13.1 Å². The Hall–Kier alpha value is -4.41. The zero-order valence-electron chi connectivity index (χ0n) is 20.1. The van der Waals surface area contributed by atoms with E-state index in [0.29, 0.717) is 53.3 Å². The maximum atomic E-state index is 15.0. The summed E-state index contributed by atoms with van der Waals surface area (Å²) in [6.45, 7) is 2.91. The van der Waals surface area contributed by atoms with Crippen LogP contribution in [0.2, 0.25) is 0 Å². The Morgan fingerprint density at radius 3 is 2.73 bits per heavy atom. The number of aromatic amines is 2. The number of aromatic nitrogens is 6. The molecule has 0 aliphatic carbocycles. The first-order valence-electron chi connectivity index (χ1n) is 12.5. The molecule has 2 aliphatic rings. The highest BCUT2D eigenvalue weighted by molar-refractivity contribution is 6.00. The van der Waals surface area contributed by atoms with Crippen molar-refractivity contribution in [1.82, 2.24) is 38.9 Å². The quantitative estimate of drug-likeness (QED) is 0.386. The topological polar surface area (TPSA) is 107 Å². The second-order valence-corrected chi connectivity index (χ2v) is 9.71. The molecule has 11 heteroatoms. The minimum absolute atomic E-state index is 0.00803. The number of H-pyrrole nitrogens is 2. The maximum absolute atomic E-state index is 15.0. The third-order valence-corrected chi connectivity index (χ3v) is 7.48. The summed E-state index contributed by atoms with van der Waals surface area (Å²) >= 11 is 0. The van der Waals surface area contributed by atoms with Crippen molar-refractivity contribution >= 4 is 22.7 Å². The molecular weight excluding hydrogens is 475 g/mol. The SMILES string of the molecule is O=C(N1CCCCC1)N1CCn2cc(-c3c(-c4cnc5ncccn45)[nH][nH]c3=O)c3cc(F)cc(c32)C1. The molecule has 0 unspecified atom stereocenters. The lowest BCUT2D eigenvalue weighted by Gasteiger charge is -2.32. The molecule has 10 nitrogen and oxygen atoms in total. The Morgan fingerprint density at radius 2 is 1.86 bits per heavy atom. The molecule has 1 aromatic carbocycles. The van der Waals surface area contributed by atoms with Crippen LogP contribution >= 0.6 is 0 Å². The Morgan fingerprint density at radius 1 is 1.00 bits per heavy atom. The highest BCUT2D eigenvalue weighted by Crippen LogP contribution is 2.37. The first-order chi connectivity index (χ1) is 18.1. The summed E-state index contributed by atoms with van der Waals surface area (Å²) in [4.78, 5) is 38.7. The Bertz CT molecular complexity index is 1720. The van der Waals surface area contributed by atoms with Crippen molar-refractivity contribution in [1.29, 1.82) is 0 Å². The number of nitrogens with one attached hydrogen (secondary N) is 2. The fourth-order valence-corrected chi connectivity index (χ4v) is 5.77. The zero-order chi connectivity index (χ0) is 25.1. The zero-order valence-corrected chi connectivity index (χ0v) is 20.1. The normalized spacial score (nSPS) is 16.0. The number of imidazole rings is 1. The van der Waals surface area contributed by atoms with Crippen molar-refractivity contribution < 1.29 is 9.18 Å². The Labute approximate surface area is 210 Å². The molecule has 7 rings (SSSR count). The van der Waals surface area contributed by atoms with Crippen LogP contribution in [0.25, 0.3) is 39.2 Å². The summed E-state index contributed by atoms with van der Waals surface area (Å²) in [6, 6.07) is 4.77. The van der Waals surface area contributed by atoms with Gasteiger partial charge in [0.2, 0.25) is 5.78 Å². The molecule has 2 N–H and O–H groups in total. The smallest absolute Gasteiger partial charge is 0.320 e. The van der Waals surface area contributed by atoms with E-state index < -0.39 is 5.82 Å².